The molecule has 3 aromatic heterocycles. The maximum atomic E-state index is 15.4. The Morgan fingerprint density at radius 2 is 1.90 bits per heavy atom. The monoisotopic (exact) mass is 551 g/mol. The summed E-state index contributed by atoms with van der Waals surface area (Å²) in [6.07, 6.45) is 4.60. The number of aromatic nitrogens is 4. The quantitative estimate of drug-likeness (QED) is 0.395. The zero-order valence-corrected chi connectivity index (χ0v) is 21.5. The van der Waals surface area contributed by atoms with Crippen LogP contribution in [-0.2, 0) is 5.60 Å². The molecule has 4 aromatic rings. The largest absolute Gasteiger partial charge is 0.434 e. The van der Waals surface area contributed by atoms with E-state index in [1.807, 2.05) is 0 Å². The fourth-order valence-corrected chi connectivity index (χ4v) is 6.68. The molecule has 12 heteroatoms. The molecule has 2 aliphatic carbocycles. The average molecular weight is 552 g/mol. The second-order valence-corrected chi connectivity index (χ2v) is 11.1. The molecule has 1 saturated carbocycles. The fourth-order valence-electron chi connectivity index (χ4n) is 6.68. The summed E-state index contributed by atoms with van der Waals surface area (Å²) in [4.78, 5) is 23.5. The summed E-state index contributed by atoms with van der Waals surface area (Å²) < 4.78 is 48.3. The zero-order valence-electron chi connectivity index (χ0n) is 21.5. The molecule has 2 N–H and O–H groups in total. The van der Waals surface area contributed by atoms with E-state index in [9.17, 15) is 23.8 Å². The Labute approximate surface area is 225 Å². The number of ether oxygens (including phenoxy) is 1. The normalized spacial score (nSPS) is 27.0. The van der Waals surface area contributed by atoms with Crippen molar-refractivity contribution in [1.82, 2.24) is 24.5 Å². The van der Waals surface area contributed by atoms with Gasteiger partial charge in [0.25, 0.3) is 5.91 Å². The molecule has 3 aliphatic rings. The molecule has 0 unspecified atom stereocenters. The summed E-state index contributed by atoms with van der Waals surface area (Å²) in [7, 11) is 1.64. The lowest BCUT2D eigenvalue weighted by Crippen LogP contribution is -2.53. The highest BCUT2D eigenvalue weighted by molar-refractivity contribution is 5.98. The van der Waals surface area contributed by atoms with E-state index in [2.05, 4.69) is 15.1 Å². The van der Waals surface area contributed by atoms with Gasteiger partial charge in [0.15, 0.2) is 5.82 Å². The zero-order chi connectivity index (χ0) is 28.1. The number of amides is 1. The van der Waals surface area contributed by atoms with Crippen LogP contribution in [0.4, 0.5) is 13.2 Å². The van der Waals surface area contributed by atoms with Crippen molar-refractivity contribution in [3.63, 3.8) is 0 Å². The van der Waals surface area contributed by atoms with Crippen LogP contribution in [0.3, 0.4) is 0 Å². The predicted octanol–water partition coefficient (Wildman–Crippen LogP) is 3.93. The Morgan fingerprint density at radius 3 is 2.58 bits per heavy atom. The molecule has 4 heterocycles. The van der Waals surface area contributed by atoms with Crippen LogP contribution in [-0.4, -0.2) is 59.9 Å². The number of fused-ring (bicyclic) bond motifs is 9. The lowest BCUT2D eigenvalue weighted by atomic mass is 9.67. The standard InChI is InChI=1S/C28H24F3N5O4/c1-27(38)11-28(39,12-27)21-9-32-17(8-33-21)14-6-18-23-15-7-19(24(23)34-36(18)10-16(14)29)35(2)25(37)13-4-3-5-20(22(13)15)40-26(30)31/h3-6,8-10,15,19,26,38-39H,7,11-12H2,1-2H3/t15-,19-,27?,28?/m1/s1. The molecule has 9 nitrogen and oxygen atoms in total. The topological polar surface area (TPSA) is 113 Å². The van der Waals surface area contributed by atoms with Crippen LogP contribution in [0.25, 0.3) is 16.8 Å². The SMILES string of the molecule is CN1C(=O)c2cccc(OC(F)F)c2[C@H]2C[C@@H]1c1nn3cc(F)c(-c4cnc(C5(O)CC(C)(O)C5)cn4)cc3c12. The number of carbonyl (C=O) groups is 1. The van der Waals surface area contributed by atoms with Crippen LogP contribution >= 0.6 is 0 Å². The van der Waals surface area contributed by atoms with E-state index in [0.717, 1.165) is 0 Å². The van der Waals surface area contributed by atoms with Gasteiger partial charge in [0.1, 0.15) is 11.4 Å². The van der Waals surface area contributed by atoms with Crippen LogP contribution in [0.5, 0.6) is 5.75 Å². The molecular weight excluding hydrogens is 527 g/mol. The van der Waals surface area contributed by atoms with Gasteiger partial charge in [0, 0.05) is 48.1 Å². The van der Waals surface area contributed by atoms with E-state index in [4.69, 9.17) is 4.74 Å². The lowest BCUT2D eigenvalue weighted by molar-refractivity contribution is -0.178. The van der Waals surface area contributed by atoms with Gasteiger partial charge in [-0.1, -0.05) is 6.07 Å². The Balaban J connectivity index is 1.35. The van der Waals surface area contributed by atoms with Crippen molar-refractivity contribution < 1.29 is 32.9 Å². The third-order valence-corrected chi connectivity index (χ3v) is 8.31. The fraction of sp³-hybridized carbons (Fsp3) is 0.357. The van der Waals surface area contributed by atoms with Crippen LogP contribution < -0.4 is 4.74 Å². The van der Waals surface area contributed by atoms with Gasteiger partial charge in [0.05, 0.1) is 52.8 Å². The van der Waals surface area contributed by atoms with Crippen LogP contribution in [0.1, 0.15) is 71.0 Å². The van der Waals surface area contributed by atoms with E-state index in [1.165, 1.54) is 40.1 Å². The number of hydrogen-bond donors (Lipinski definition) is 2. The minimum atomic E-state index is -3.07. The molecule has 0 spiro atoms. The summed E-state index contributed by atoms with van der Waals surface area (Å²) in [5.41, 5.74) is 0.810. The molecule has 0 saturated heterocycles. The van der Waals surface area contributed by atoms with Crippen molar-refractivity contribution in [2.45, 2.75) is 56.0 Å². The first-order valence-corrected chi connectivity index (χ1v) is 12.8. The number of benzene rings is 1. The van der Waals surface area contributed by atoms with Crippen LogP contribution in [0.2, 0.25) is 0 Å². The molecule has 2 bridgehead atoms. The number of nitrogens with zero attached hydrogens (tertiary/aromatic N) is 5. The highest BCUT2D eigenvalue weighted by Crippen LogP contribution is 2.54. The van der Waals surface area contributed by atoms with E-state index < -0.39 is 35.6 Å². The van der Waals surface area contributed by atoms with Crippen molar-refractivity contribution in [1.29, 1.82) is 0 Å². The van der Waals surface area contributed by atoms with E-state index in [0.29, 0.717) is 28.8 Å². The Hall–Kier alpha value is -4.03. The molecule has 1 aromatic carbocycles. The van der Waals surface area contributed by atoms with Crippen molar-refractivity contribution in [3.8, 4) is 17.0 Å². The summed E-state index contributed by atoms with van der Waals surface area (Å²) in [5, 5.41) is 25.4. The third kappa shape index (κ3) is 3.55. The predicted molar refractivity (Wildman–Crippen MR) is 134 cm³/mol. The summed E-state index contributed by atoms with van der Waals surface area (Å²) in [5.74, 6) is -1.52. The Kier molecular flexibility index (Phi) is 5.15. The Bertz CT molecular complexity index is 1700. The average Bonchev–Trinajstić information content (AvgIpc) is 3.39. The van der Waals surface area contributed by atoms with Gasteiger partial charge in [-0.25, -0.2) is 8.91 Å². The van der Waals surface area contributed by atoms with Crippen molar-refractivity contribution in [3.05, 3.63) is 76.8 Å². The Morgan fingerprint density at radius 1 is 1.12 bits per heavy atom. The third-order valence-electron chi connectivity index (χ3n) is 8.31. The van der Waals surface area contributed by atoms with Gasteiger partial charge in [-0.05, 0) is 31.5 Å². The van der Waals surface area contributed by atoms with Gasteiger partial charge < -0.3 is 19.8 Å². The summed E-state index contributed by atoms with van der Waals surface area (Å²) >= 11 is 0. The molecule has 7 rings (SSSR count). The molecule has 0 radical (unpaired) electrons. The van der Waals surface area contributed by atoms with E-state index in [-0.39, 0.29) is 47.0 Å². The second-order valence-electron chi connectivity index (χ2n) is 11.1. The van der Waals surface area contributed by atoms with Gasteiger partial charge in [0.2, 0.25) is 0 Å². The van der Waals surface area contributed by atoms with Crippen LogP contribution in [0, 0.1) is 5.82 Å². The molecular formula is C28H24F3N5O4. The highest BCUT2D eigenvalue weighted by Gasteiger charge is 2.52. The van der Waals surface area contributed by atoms with E-state index in [1.54, 1.807) is 26.1 Å². The summed E-state index contributed by atoms with van der Waals surface area (Å²) in [6.45, 7) is -1.45. The van der Waals surface area contributed by atoms with E-state index >= 15 is 4.39 Å². The lowest BCUT2D eigenvalue weighted by Gasteiger charge is -2.47. The van der Waals surface area contributed by atoms with Crippen molar-refractivity contribution in [2.75, 3.05) is 7.05 Å². The van der Waals surface area contributed by atoms with Crippen LogP contribution in [0.15, 0.2) is 42.9 Å². The maximum absolute atomic E-state index is 15.4. The van der Waals surface area contributed by atoms with Crippen molar-refractivity contribution >= 4 is 11.4 Å². The van der Waals surface area contributed by atoms with Gasteiger partial charge in [-0.3, -0.25) is 14.8 Å². The number of alkyl halides is 2. The molecule has 1 amide bonds. The second kappa shape index (κ2) is 8.24. The smallest absolute Gasteiger partial charge is 0.387 e. The number of rotatable bonds is 4. The van der Waals surface area contributed by atoms with Gasteiger partial charge in [-0.15, -0.1) is 0 Å². The number of halogens is 3. The van der Waals surface area contributed by atoms with Crippen molar-refractivity contribution in [2.24, 2.45) is 0 Å². The molecule has 206 valence electrons. The number of pyridine rings is 1. The number of carbonyl (C=O) groups excluding carboxylic acids is 1. The first kappa shape index (κ1) is 25.0. The first-order valence-electron chi connectivity index (χ1n) is 12.8. The minimum Gasteiger partial charge on any atom is -0.434 e. The summed E-state index contributed by atoms with van der Waals surface area (Å²) in [6, 6.07) is 5.67. The molecule has 1 aliphatic heterocycles. The number of hydrogen-bond acceptors (Lipinski definition) is 7. The first-order chi connectivity index (χ1) is 19.0. The molecule has 1 fully saturated rings. The maximum Gasteiger partial charge on any atom is 0.387 e. The van der Waals surface area contributed by atoms with Gasteiger partial charge in [-0.2, -0.15) is 13.9 Å². The number of aliphatic hydroxyl groups is 2. The molecule has 40 heavy (non-hydrogen) atoms. The molecule has 2 atom stereocenters. The minimum absolute atomic E-state index is 0.0798. The highest BCUT2D eigenvalue weighted by atomic mass is 19.3. The van der Waals surface area contributed by atoms with Gasteiger partial charge >= 0.3 is 6.61 Å².